The van der Waals surface area contributed by atoms with Crippen molar-refractivity contribution in [1.82, 2.24) is 0 Å². The number of rotatable bonds is 8. The van der Waals surface area contributed by atoms with E-state index in [2.05, 4.69) is 10.0 Å². The van der Waals surface area contributed by atoms with Crippen LogP contribution >= 0.6 is 0 Å². The highest BCUT2D eigenvalue weighted by Crippen LogP contribution is 2.24. The van der Waals surface area contributed by atoms with Gasteiger partial charge in [-0.2, -0.15) is 0 Å². The van der Waals surface area contributed by atoms with Crippen molar-refractivity contribution in [3.8, 4) is 0 Å². The number of benzene rings is 1. The van der Waals surface area contributed by atoms with Crippen LogP contribution in [0.15, 0.2) is 35.4 Å². The summed E-state index contributed by atoms with van der Waals surface area (Å²) in [5.74, 6) is 0. The number of ether oxygens (including phenoxy) is 2. The molecule has 5 heteroatoms. The van der Waals surface area contributed by atoms with E-state index in [0.717, 1.165) is 24.8 Å². The second-order valence-electron chi connectivity index (χ2n) is 3.96. The van der Waals surface area contributed by atoms with E-state index in [9.17, 15) is 0 Å². The van der Waals surface area contributed by atoms with Gasteiger partial charge in [0.1, 0.15) is 0 Å². The average Bonchev–Trinajstić information content (AvgIpc) is 2.43. The van der Waals surface area contributed by atoms with Crippen LogP contribution in [0, 0.1) is 0 Å². The first-order valence-electron chi connectivity index (χ1n) is 5.96. The van der Waals surface area contributed by atoms with Gasteiger partial charge in [-0.3, -0.25) is 0 Å². The molecule has 0 spiro atoms. The molecule has 0 radical (unpaired) electrons. The SMILES string of the molecule is COC(CCCC(N=[N+]=[N-])c1ccccc1)OC. The Hall–Kier alpha value is -1.55. The molecule has 0 N–H and O–H groups in total. The first-order chi connectivity index (χ1) is 8.81. The highest BCUT2D eigenvalue weighted by molar-refractivity contribution is 5.18. The zero-order chi connectivity index (χ0) is 13.2. The fraction of sp³-hybridized carbons (Fsp3) is 0.538. The van der Waals surface area contributed by atoms with E-state index >= 15 is 0 Å². The van der Waals surface area contributed by atoms with Gasteiger partial charge in [-0.1, -0.05) is 35.4 Å². The molecule has 0 amide bonds. The van der Waals surface area contributed by atoms with Crippen LogP contribution in [-0.4, -0.2) is 20.5 Å². The summed E-state index contributed by atoms with van der Waals surface area (Å²) in [6.07, 6.45) is 2.27. The van der Waals surface area contributed by atoms with Gasteiger partial charge in [-0.25, -0.2) is 0 Å². The van der Waals surface area contributed by atoms with Crippen LogP contribution in [-0.2, 0) is 9.47 Å². The monoisotopic (exact) mass is 249 g/mol. The topological polar surface area (TPSA) is 67.2 Å². The molecule has 0 saturated carbocycles. The minimum Gasteiger partial charge on any atom is -0.356 e. The third-order valence-electron chi connectivity index (χ3n) is 2.82. The van der Waals surface area contributed by atoms with E-state index in [1.54, 1.807) is 14.2 Å². The minimum atomic E-state index is -0.188. The van der Waals surface area contributed by atoms with Crippen LogP contribution in [0.25, 0.3) is 10.4 Å². The van der Waals surface area contributed by atoms with Crippen LogP contribution in [0.2, 0.25) is 0 Å². The summed E-state index contributed by atoms with van der Waals surface area (Å²) >= 11 is 0. The van der Waals surface area contributed by atoms with Gasteiger partial charge in [-0.05, 0) is 30.4 Å². The normalized spacial score (nSPS) is 12.2. The van der Waals surface area contributed by atoms with Crippen LogP contribution < -0.4 is 0 Å². The molecule has 1 rings (SSSR count). The average molecular weight is 249 g/mol. The molecule has 1 unspecified atom stereocenters. The van der Waals surface area contributed by atoms with E-state index in [4.69, 9.17) is 15.0 Å². The molecule has 1 atom stereocenters. The molecule has 1 aromatic rings. The van der Waals surface area contributed by atoms with Crippen molar-refractivity contribution in [3.05, 3.63) is 46.3 Å². The molecule has 0 aliphatic rings. The number of nitrogens with zero attached hydrogens (tertiary/aromatic N) is 3. The van der Waals surface area contributed by atoms with E-state index in [-0.39, 0.29) is 12.3 Å². The van der Waals surface area contributed by atoms with Crippen molar-refractivity contribution in [2.45, 2.75) is 31.6 Å². The summed E-state index contributed by atoms with van der Waals surface area (Å²) in [6, 6.07) is 9.67. The molecule has 98 valence electrons. The van der Waals surface area contributed by atoms with E-state index in [0.29, 0.717) is 0 Å². The first-order valence-corrected chi connectivity index (χ1v) is 5.96. The Kier molecular flexibility index (Phi) is 6.87. The van der Waals surface area contributed by atoms with E-state index in [1.807, 2.05) is 30.3 Å². The van der Waals surface area contributed by atoms with Crippen LogP contribution in [0.4, 0.5) is 0 Å². The van der Waals surface area contributed by atoms with Crippen molar-refractivity contribution in [1.29, 1.82) is 0 Å². The minimum absolute atomic E-state index is 0.120. The summed E-state index contributed by atoms with van der Waals surface area (Å²) in [4.78, 5) is 2.91. The third-order valence-corrected chi connectivity index (χ3v) is 2.82. The third kappa shape index (κ3) is 4.75. The highest BCUT2D eigenvalue weighted by Gasteiger charge is 2.11. The van der Waals surface area contributed by atoms with E-state index < -0.39 is 0 Å². The van der Waals surface area contributed by atoms with Crippen molar-refractivity contribution in [3.63, 3.8) is 0 Å². The van der Waals surface area contributed by atoms with Gasteiger partial charge in [0.15, 0.2) is 6.29 Å². The Balaban J connectivity index is 2.52. The zero-order valence-electron chi connectivity index (χ0n) is 10.8. The van der Waals surface area contributed by atoms with Crippen molar-refractivity contribution in [2.75, 3.05) is 14.2 Å². The largest absolute Gasteiger partial charge is 0.356 e. The van der Waals surface area contributed by atoms with Gasteiger partial charge < -0.3 is 9.47 Å². The lowest BCUT2D eigenvalue weighted by atomic mass is 10.0. The maximum atomic E-state index is 8.61. The second-order valence-corrected chi connectivity index (χ2v) is 3.96. The summed E-state index contributed by atoms with van der Waals surface area (Å²) in [5.41, 5.74) is 9.65. The number of azide groups is 1. The van der Waals surface area contributed by atoms with Gasteiger partial charge in [0.2, 0.25) is 0 Å². The maximum absolute atomic E-state index is 8.61. The Morgan fingerprint density at radius 1 is 1.17 bits per heavy atom. The van der Waals surface area contributed by atoms with Crippen molar-refractivity contribution < 1.29 is 9.47 Å². The predicted molar refractivity (Wildman–Crippen MR) is 70.0 cm³/mol. The summed E-state index contributed by atoms with van der Waals surface area (Å²) in [6.45, 7) is 0. The Morgan fingerprint density at radius 2 is 1.83 bits per heavy atom. The quantitative estimate of drug-likeness (QED) is 0.304. The van der Waals surface area contributed by atoms with Crippen molar-refractivity contribution in [2.24, 2.45) is 5.11 Å². The van der Waals surface area contributed by atoms with Gasteiger partial charge in [-0.15, -0.1) is 0 Å². The first kappa shape index (κ1) is 14.5. The van der Waals surface area contributed by atoms with Crippen LogP contribution in [0.1, 0.15) is 30.9 Å². The molecule has 0 aliphatic heterocycles. The fourth-order valence-electron chi connectivity index (χ4n) is 1.84. The summed E-state index contributed by atoms with van der Waals surface area (Å²) in [5, 5.41) is 3.84. The molecule has 5 nitrogen and oxygen atoms in total. The second kappa shape index (κ2) is 8.53. The smallest absolute Gasteiger partial charge is 0.156 e. The lowest BCUT2D eigenvalue weighted by molar-refractivity contribution is -0.107. The molecule has 0 aliphatic carbocycles. The lowest BCUT2D eigenvalue weighted by Crippen LogP contribution is -2.12. The van der Waals surface area contributed by atoms with Gasteiger partial charge in [0, 0.05) is 19.1 Å². The molecule has 0 saturated heterocycles. The standard InChI is InChI=1S/C13H19N3O2/c1-17-13(18-2)10-6-9-12(15-16-14)11-7-4-3-5-8-11/h3-5,7-8,12-13H,6,9-10H2,1-2H3. The summed E-state index contributed by atoms with van der Waals surface area (Å²) < 4.78 is 10.2. The molecule has 18 heavy (non-hydrogen) atoms. The van der Waals surface area contributed by atoms with Gasteiger partial charge >= 0.3 is 0 Å². The van der Waals surface area contributed by atoms with Gasteiger partial charge in [0.05, 0.1) is 6.04 Å². The lowest BCUT2D eigenvalue weighted by Gasteiger charge is -2.15. The van der Waals surface area contributed by atoms with Gasteiger partial charge in [0.25, 0.3) is 0 Å². The molecule has 0 fully saturated rings. The Bertz CT molecular complexity index is 373. The predicted octanol–water partition coefficient (Wildman–Crippen LogP) is 3.83. The van der Waals surface area contributed by atoms with E-state index in [1.165, 1.54) is 0 Å². The Labute approximate surface area is 107 Å². The molecular formula is C13H19N3O2. The molecule has 0 aromatic heterocycles. The fourth-order valence-corrected chi connectivity index (χ4v) is 1.84. The van der Waals surface area contributed by atoms with Crippen LogP contribution in [0.3, 0.4) is 0 Å². The number of hydrogen-bond donors (Lipinski definition) is 0. The number of methoxy groups -OCH3 is 2. The molecule has 1 aromatic carbocycles. The molecular weight excluding hydrogens is 230 g/mol. The van der Waals surface area contributed by atoms with Crippen molar-refractivity contribution >= 4 is 0 Å². The highest BCUT2D eigenvalue weighted by atomic mass is 16.7. The molecule has 0 bridgehead atoms. The number of hydrogen-bond acceptors (Lipinski definition) is 3. The van der Waals surface area contributed by atoms with Crippen LogP contribution in [0.5, 0.6) is 0 Å². The molecule has 0 heterocycles. The Morgan fingerprint density at radius 3 is 2.39 bits per heavy atom. The zero-order valence-corrected chi connectivity index (χ0v) is 10.8. The summed E-state index contributed by atoms with van der Waals surface area (Å²) in [7, 11) is 3.24. The maximum Gasteiger partial charge on any atom is 0.156 e.